The van der Waals surface area contributed by atoms with Gasteiger partial charge in [0.05, 0.1) is 6.54 Å². The third-order valence-corrected chi connectivity index (χ3v) is 6.32. The predicted octanol–water partition coefficient (Wildman–Crippen LogP) is 2.32. The Bertz CT molecular complexity index is 535. The Morgan fingerprint density at radius 2 is 2.11 bits per heavy atom. The van der Waals surface area contributed by atoms with E-state index in [1.54, 1.807) is 20.2 Å². The largest absolute Gasteiger partial charge is 0.452 e. The maximum Gasteiger partial charge on any atom is 0.247 e. The molecule has 0 aromatic carbocycles. The molecule has 1 fully saturated rings. The van der Waals surface area contributed by atoms with E-state index >= 15 is 0 Å². The van der Waals surface area contributed by atoms with Crippen molar-refractivity contribution in [1.82, 2.24) is 9.62 Å². The van der Waals surface area contributed by atoms with Crippen LogP contribution in [-0.2, 0) is 16.6 Å². The van der Waals surface area contributed by atoms with Crippen molar-refractivity contribution >= 4 is 26.0 Å². The van der Waals surface area contributed by atoms with Crippen molar-refractivity contribution in [2.75, 3.05) is 14.1 Å². The molecule has 0 radical (unpaired) electrons. The second kappa shape index (κ2) is 5.95. The fraction of sp³-hybridized carbons (Fsp3) is 0.667. The standard InChI is InChI=1S/C12H19BrN2O3S/c1-14-8-10-7-11(12(13)18-10)19(16,17)15(2)9-5-3-4-6-9/h7,9,14H,3-6,8H2,1-2H3. The molecule has 2 rings (SSSR count). The molecule has 1 saturated carbocycles. The number of halogens is 1. The van der Waals surface area contributed by atoms with Crippen LogP contribution in [0.5, 0.6) is 0 Å². The first-order valence-electron chi connectivity index (χ1n) is 6.37. The Morgan fingerprint density at radius 3 is 2.68 bits per heavy atom. The zero-order chi connectivity index (χ0) is 14.0. The number of hydrogen-bond donors (Lipinski definition) is 1. The van der Waals surface area contributed by atoms with Crippen molar-refractivity contribution in [2.24, 2.45) is 0 Å². The van der Waals surface area contributed by atoms with Gasteiger partial charge in [0.2, 0.25) is 10.0 Å². The van der Waals surface area contributed by atoms with E-state index in [-0.39, 0.29) is 15.6 Å². The average Bonchev–Trinajstić information content (AvgIpc) is 2.98. The lowest BCUT2D eigenvalue weighted by atomic mass is 10.3. The van der Waals surface area contributed by atoms with Crippen LogP contribution in [0.1, 0.15) is 31.4 Å². The molecule has 5 nitrogen and oxygen atoms in total. The fourth-order valence-corrected chi connectivity index (χ4v) is 4.83. The summed E-state index contributed by atoms with van der Waals surface area (Å²) in [4.78, 5) is 0.215. The number of sulfonamides is 1. The minimum Gasteiger partial charge on any atom is -0.452 e. The molecule has 1 heterocycles. The lowest BCUT2D eigenvalue weighted by Crippen LogP contribution is -2.35. The Kier molecular flexibility index (Phi) is 4.70. The second-order valence-corrected chi connectivity index (χ2v) is 7.53. The molecular formula is C12H19BrN2O3S. The maximum atomic E-state index is 12.6. The van der Waals surface area contributed by atoms with Gasteiger partial charge >= 0.3 is 0 Å². The van der Waals surface area contributed by atoms with Crippen LogP contribution in [0.4, 0.5) is 0 Å². The van der Waals surface area contributed by atoms with Crippen LogP contribution >= 0.6 is 15.9 Å². The van der Waals surface area contributed by atoms with E-state index in [9.17, 15) is 8.42 Å². The summed E-state index contributed by atoms with van der Waals surface area (Å²) in [6, 6.07) is 1.70. The molecule has 19 heavy (non-hydrogen) atoms. The zero-order valence-electron chi connectivity index (χ0n) is 11.1. The van der Waals surface area contributed by atoms with Crippen LogP contribution in [0, 0.1) is 0 Å². The number of furan rings is 1. The highest BCUT2D eigenvalue weighted by Crippen LogP contribution is 2.32. The Morgan fingerprint density at radius 1 is 1.47 bits per heavy atom. The first-order chi connectivity index (χ1) is 8.96. The summed E-state index contributed by atoms with van der Waals surface area (Å²) < 4.78 is 32.3. The Hall–Kier alpha value is -0.370. The molecular weight excluding hydrogens is 332 g/mol. The van der Waals surface area contributed by atoms with Crippen LogP contribution in [0.2, 0.25) is 0 Å². The molecule has 108 valence electrons. The van der Waals surface area contributed by atoms with E-state index in [2.05, 4.69) is 21.2 Å². The van der Waals surface area contributed by atoms with Crippen molar-refractivity contribution in [1.29, 1.82) is 0 Å². The molecule has 7 heteroatoms. The van der Waals surface area contributed by atoms with Crippen LogP contribution in [0.25, 0.3) is 0 Å². The number of hydrogen-bond acceptors (Lipinski definition) is 4. The van der Waals surface area contributed by atoms with E-state index < -0.39 is 10.0 Å². The molecule has 1 aliphatic carbocycles. The minimum absolute atomic E-state index is 0.111. The van der Waals surface area contributed by atoms with Gasteiger partial charge in [0, 0.05) is 19.2 Å². The van der Waals surface area contributed by atoms with Crippen LogP contribution in [-0.4, -0.2) is 32.9 Å². The van der Waals surface area contributed by atoms with Crippen LogP contribution in [0.15, 0.2) is 20.0 Å². The van der Waals surface area contributed by atoms with Crippen molar-refractivity contribution < 1.29 is 12.8 Å². The van der Waals surface area contributed by atoms with E-state index in [0.29, 0.717) is 12.3 Å². The van der Waals surface area contributed by atoms with Gasteiger partial charge in [-0.3, -0.25) is 0 Å². The maximum absolute atomic E-state index is 12.6. The summed E-state index contributed by atoms with van der Waals surface area (Å²) >= 11 is 3.20. The van der Waals surface area contributed by atoms with Gasteiger partial charge in [0.25, 0.3) is 0 Å². The lowest BCUT2D eigenvalue weighted by molar-refractivity contribution is 0.371. The molecule has 0 saturated heterocycles. The quantitative estimate of drug-likeness (QED) is 0.884. The summed E-state index contributed by atoms with van der Waals surface area (Å²) in [6.45, 7) is 0.501. The minimum atomic E-state index is -3.49. The smallest absolute Gasteiger partial charge is 0.247 e. The number of nitrogens with zero attached hydrogens (tertiary/aromatic N) is 1. The third-order valence-electron chi connectivity index (χ3n) is 3.55. The van der Waals surface area contributed by atoms with Gasteiger partial charge in [-0.15, -0.1) is 0 Å². The van der Waals surface area contributed by atoms with E-state index in [1.165, 1.54) is 4.31 Å². The van der Waals surface area contributed by atoms with E-state index in [4.69, 9.17) is 4.42 Å². The highest BCUT2D eigenvalue weighted by Gasteiger charge is 2.33. The highest BCUT2D eigenvalue weighted by atomic mass is 79.9. The fourth-order valence-electron chi connectivity index (χ4n) is 2.45. The number of rotatable bonds is 5. The average molecular weight is 351 g/mol. The Labute approximate surface area is 122 Å². The van der Waals surface area contributed by atoms with Crippen LogP contribution < -0.4 is 5.32 Å². The van der Waals surface area contributed by atoms with Crippen molar-refractivity contribution in [3.63, 3.8) is 0 Å². The summed E-state index contributed by atoms with van der Waals surface area (Å²) in [5.41, 5.74) is 0. The molecule has 0 atom stereocenters. The molecule has 0 bridgehead atoms. The Balaban J connectivity index is 2.27. The normalized spacial score (nSPS) is 17.5. The molecule has 0 aliphatic heterocycles. The van der Waals surface area contributed by atoms with Gasteiger partial charge in [-0.2, -0.15) is 4.31 Å². The van der Waals surface area contributed by atoms with Gasteiger partial charge < -0.3 is 9.73 Å². The SMILES string of the molecule is CNCc1cc(S(=O)(=O)N(C)C2CCCC2)c(Br)o1. The van der Waals surface area contributed by atoms with Crippen molar-refractivity contribution in [3.05, 3.63) is 16.5 Å². The summed E-state index contributed by atoms with van der Waals surface area (Å²) in [5.74, 6) is 0.604. The second-order valence-electron chi connectivity index (χ2n) is 4.84. The lowest BCUT2D eigenvalue weighted by Gasteiger charge is -2.22. The molecule has 1 aromatic heterocycles. The first kappa shape index (κ1) is 15.0. The van der Waals surface area contributed by atoms with Crippen molar-refractivity contribution in [2.45, 2.75) is 43.2 Å². The van der Waals surface area contributed by atoms with Gasteiger partial charge in [-0.05, 0) is 35.8 Å². The topological polar surface area (TPSA) is 62.6 Å². The van der Waals surface area contributed by atoms with E-state index in [1.807, 2.05) is 0 Å². The van der Waals surface area contributed by atoms with E-state index in [0.717, 1.165) is 25.7 Å². The zero-order valence-corrected chi connectivity index (χ0v) is 13.6. The molecule has 0 unspecified atom stereocenters. The summed E-state index contributed by atoms with van der Waals surface area (Å²) in [7, 11) is -0.0434. The molecule has 1 N–H and O–H groups in total. The van der Waals surface area contributed by atoms with Gasteiger partial charge in [0.1, 0.15) is 10.7 Å². The summed E-state index contributed by atoms with van der Waals surface area (Å²) in [6.07, 6.45) is 4.08. The van der Waals surface area contributed by atoms with Crippen molar-refractivity contribution in [3.8, 4) is 0 Å². The number of nitrogens with one attached hydrogen (secondary N) is 1. The first-order valence-corrected chi connectivity index (χ1v) is 8.61. The predicted molar refractivity (Wildman–Crippen MR) is 76.4 cm³/mol. The molecule has 0 spiro atoms. The molecule has 1 aliphatic rings. The van der Waals surface area contributed by atoms with Gasteiger partial charge in [0.15, 0.2) is 4.67 Å². The highest BCUT2D eigenvalue weighted by molar-refractivity contribution is 9.10. The van der Waals surface area contributed by atoms with Gasteiger partial charge in [-0.1, -0.05) is 12.8 Å². The van der Waals surface area contributed by atoms with Crippen LogP contribution in [0.3, 0.4) is 0 Å². The molecule has 0 amide bonds. The third kappa shape index (κ3) is 3.04. The van der Waals surface area contributed by atoms with Gasteiger partial charge in [-0.25, -0.2) is 8.42 Å². The monoisotopic (exact) mass is 350 g/mol. The molecule has 1 aromatic rings. The summed E-state index contributed by atoms with van der Waals surface area (Å²) in [5, 5.41) is 2.94.